The number of carbonyl (C=O) groups excluding carboxylic acids is 1. The van der Waals surface area contributed by atoms with E-state index in [1.807, 2.05) is 13.8 Å². The Morgan fingerprint density at radius 3 is 2.57 bits per heavy atom. The molecule has 1 aromatic carbocycles. The molecule has 7 heteroatoms. The molecule has 6 nitrogen and oxygen atoms in total. The fraction of sp³-hybridized carbons (Fsp3) is 0.429. The molecule has 2 rings (SSSR count). The van der Waals surface area contributed by atoms with Gasteiger partial charge in [-0.05, 0) is 42.3 Å². The molecule has 0 radical (unpaired) electrons. The summed E-state index contributed by atoms with van der Waals surface area (Å²) >= 11 is 0. The van der Waals surface area contributed by atoms with Gasteiger partial charge in [0.2, 0.25) is 11.7 Å². The summed E-state index contributed by atoms with van der Waals surface area (Å²) in [5.41, 5.74) is 0.656. The van der Waals surface area contributed by atoms with Crippen molar-refractivity contribution >= 4 is 5.91 Å². The highest BCUT2D eigenvalue weighted by Gasteiger charge is 2.12. The number of hydrogen-bond acceptors (Lipinski definition) is 4. The standard InChI is InChI=1S/C14H18FN5O/c1-3-12(4-2)16-13(21)9-20-18-14(17-19-20)10-5-7-11(15)8-6-10/h5-8,12H,3-4,9H2,1-2H3,(H,16,21). The van der Waals surface area contributed by atoms with E-state index in [9.17, 15) is 9.18 Å². The van der Waals surface area contributed by atoms with Gasteiger partial charge in [-0.1, -0.05) is 13.8 Å². The number of nitrogens with one attached hydrogen (secondary N) is 1. The molecule has 1 amide bonds. The van der Waals surface area contributed by atoms with Gasteiger partial charge in [0.1, 0.15) is 12.4 Å². The van der Waals surface area contributed by atoms with Crippen LogP contribution in [0.3, 0.4) is 0 Å². The summed E-state index contributed by atoms with van der Waals surface area (Å²) in [5.74, 6) is -0.104. The first-order valence-electron chi connectivity index (χ1n) is 6.95. The van der Waals surface area contributed by atoms with Crippen molar-refractivity contribution < 1.29 is 9.18 Å². The number of carbonyl (C=O) groups is 1. The summed E-state index contributed by atoms with van der Waals surface area (Å²) in [6.07, 6.45) is 1.77. The largest absolute Gasteiger partial charge is 0.352 e. The smallest absolute Gasteiger partial charge is 0.243 e. The van der Waals surface area contributed by atoms with E-state index in [0.717, 1.165) is 12.8 Å². The Bertz CT molecular complexity index is 592. The average molecular weight is 291 g/mol. The van der Waals surface area contributed by atoms with E-state index in [1.54, 1.807) is 12.1 Å². The van der Waals surface area contributed by atoms with Crippen molar-refractivity contribution in [2.24, 2.45) is 0 Å². The highest BCUT2D eigenvalue weighted by molar-refractivity contribution is 5.75. The minimum Gasteiger partial charge on any atom is -0.352 e. The summed E-state index contributed by atoms with van der Waals surface area (Å²) in [4.78, 5) is 13.1. The predicted molar refractivity (Wildman–Crippen MR) is 75.7 cm³/mol. The van der Waals surface area contributed by atoms with Crippen molar-refractivity contribution in [1.82, 2.24) is 25.5 Å². The molecule has 2 aromatic rings. The Balaban J connectivity index is 2.00. The van der Waals surface area contributed by atoms with Crippen LogP contribution in [0, 0.1) is 5.82 Å². The van der Waals surface area contributed by atoms with E-state index in [-0.39, 0.29) is 24.3 Å². The molecule has 0 saturated heterocycles. The minimum absolute atomic E-state index is 0.0185. The fourth-order valence-corrected chi connectivity index (χ4v) is 1.92. The fourth-order valence-electron chi connectivity index (χ4n) is 1.92. The first-order valence-corrected chi connectivity index (χ1v) is 6.95. The minimum atomic E-state index is -0.323. The van der Waals surface area contributed by atoms with Crippen molar-refractivity contribution in [3.63, 3.8) is 0 Å². The van der Waals surface area contributed by atoms with Crippen LogP contribution in [0.4, 0.5) is 4.39 Å². The lowest BCUT2D eigenvalue weighted by Crippen LogP contribution is -2.36. The van der Waals surface area contributed by atoms with E-state index in [4.69, 9.17) is 0 Å². The number of nitrogens with zero attached hydrogens (tertiary/aromatic N) is 4. The second-order valence-corrected chi connectivity index (χ2v) is 4.73. The van der Waals surface area contributed by atoms with Gasteiger partial charge in [0.25, 0.3) is 0 Å². The van der Waals surface area contributed by atoms with Crippen molar-refractivity contribution in [2.75, 3.05) is 0 Å². The van der Waals surface area contributed by atoms with Crippen LogP contribution >= 0.6 is 0 Å². The maximum atomic E-state index is 12.9. The Labute approximate surface area is 122 Å². The van der Waals surface area contributed by atoms with Gasteiger partial charge in [-0.25, -0.2) is 4.39 Å². The monoisotopic (exact) mass is 291 g/mol. The lowest BCUT2D eigenvalue weighted by Gasteiger charge is -2.13. The number of halogens is 1. The van der Waals surface area contributed by atoms with Gasteiger partial charge in [0.05, 0.1) is 0 Å². The van der Waals surface area contributed by atoms with Gasteiger partial charge in [-0.2, -0.15) is 4.80 Å². The summed E-state index contributed by atoms with van der Waals surface area (Å²) in [6, 6.07) is 5.96. The molecule has 0 aliphatic rings. The Kier molecular flexibility index (Phi) is 4.97. The molecule has 0 saturated carbocycles. The first-order chi connectivity index (χ1) is 10.1. The van der Waals surface area contributed by atoms with Gasteiger partial charge >= 0.3 is 0 Å². The third-order valence-corrected chi connectivity index (χ3v) is 3.19. The van der Waals surface area contributed by atoms with Crippen LogP contribution in [-0.4, -0.2) is 32.2 Å². The van der Waals surface area contributed by atoms with Crippen LogP contribution < -0.4 is 5.32 Å². The number of aromatic nitrogens is 4. The van der Waals surface area contributed by atoms with Gasteiger partial charge in [-0.3, -0.25) is 4.79 Å². The molecular formula is C14H18FN5O. The molecule has 1 heterocycles. The second kappa shape index (κ2) is 6.92. The molecule has 1 N–H and O–H groups in total. The number of rotatable bonds is 6. The molecule has 21 heavy (non-hydrogen) atoms. The van der Waals surface area contributed by atoms with Crippen molar-refractivity contribution in [3.05, 3.63) is 30.1 Å². The molecule has 0 spiro atoms. The number of hydrogen-bond donors (Lipinski definition) is 1. The molecule has 0 atom stereocenters. The molecule has 0 aliphatic carbocycles. The van der Waals surface area contributed by atoms with E-state index < -0.39 is 0 Å². The van der Waals surface area contributed by atoms with Crippen LogP contribution in [0.1, 0.15) is 26.7 Å². The van der Waals surface area contributed by atoms with Crippen LogP contribution in [0.15, 0.2) is 24.3 Å². The first kappa shape index (κ1) is 15.1. The van der Waals surface area contributed by atoms with Crippen molar-refractivity contribution in [3.8, 4) is 11.4 Å². The van der Waals surface area contributed by atoms with E-state index in [0.29, 0.717) is 11.4 Å². The molecule has 0 bridgehead atoms. The van der Waals surface area contributed by atoms with Crippen LogP contribution in [0.2, 0.25) is 0 Å². The zero-order valence-electron chi connectivity index (χ0n) is 12.1. The zero-order valence-corrected chi connectivity index (χ0v) is 12.1. The van der Waals surface area contributed by atoms with Crippen LogP contribution in [-0.2, 0) is 11.3 Å². The molecule has 0 fully saturated rings. The molecular weight excluding hydrogens is 273 g/mol. The highest BCUT2D eigenvalue weighted by atomic mass is 19.1. The summed E-state index contributed by atoms with van der Waals surface area (Å²) in [6.45, 7) is 4.06. The molecule has 112 valence electrons. The third kappa shape index (κ3) is 4.08. The average Bonchev–Trinajstić information content (AvgIpc) is 2.94. The normalized spacial score (nSPS) is 10.9. The lowest BCUT2D eigenvalue weighted by molar-refractivity contribution is -0.122. The number of tetrazole rings is 1. The topological polar surface area (TPSA) is 72.7 Å². The summed E-state index contributed by atoms with van der Waals surface area (Å²) < 4.78 is 12.9. The maximum absolute atomic E-state index is 12.9. The predicted octanol–water partition coefficient (Wildman–Crippen LogP) is 1.78. The van der Waals surface area contributed by atoms with Crippen LogP contribution in [0.5, 0.6) is 0 Å². The van der Waals surface area contributed by atoms with E-state index >= 15 is 0 Å². The Morgan fingerprint density at radius 1 is 1.29 bits per heavy atom. The van der Waals surface area contributed by atoms with Crippen molar-refractivity contribution in [2.45, 2.75) is 39.3 Å². The summed E-state index contributed by atoms with van der Waals surface area (Å²) in [7, 11) is 0. The molecule has 0 unspecified atom stereocenters. The lowest BCUT2D eigenvalue weighted by atomic mass is 10.2. The molecule has 0 aliphatic heterocycles. The van der Waals surface area contributed by atoms with Crippen LogP contribution in [0.25, 0.3) is 11.4 Å². The quantitative estimate of drug-likeness (QED) is 0.880. The van der Waals surface area contributed by atoms with Gasteiger partial charge in [0.15, 0.2) is 0 Å². The van der Waals surface area contributed by atoms with E-state index in [1.165, 1.54) is 16.9 Å². The Hall–Kier alpha value is -2.31. The Morgan fingerprint density at radius 2 is 1.95 bits per heavy atom. The van der Waals surface area contributed by atoms with Gasteiger partial charge in [0, 0.05) is 11.6 Å². The van der Waals surface area contributed by atoms with Gasteiger partial charge in [-0.15, -0.1) is 10.2 Å². The second-order valence-electron chi connectivity index (χ2n) is 4.73. The molecule has 1 aromatic heterocycles. The van der Waals surface area contributed by atoms with Gasteiger partial charge < -0.3 is 5.32 Å². The number of amides is 1. The van der Waals surface area contributed by atoms with Crippen molar-refractivity contribution in [1.29, 1.82) is 0 Å². The SMILES string of the molecule is CCC(CC)NC(=O)Cn1nnc(-c2ccc(F)cc2)n1. The maximum Gasteiger partial charge on any atom is 0.243 e. The highest BCUT2D eigenvalue weighted by Crippen LogP contribution is 2.13. The zero-order chi connectivity index (χ0) is 15.2. The van der Waals surface area contributed by atoms with E-state index in [2.05, 4.69) is 20.7 Å². The third-order valence-electron chi connectivity index (χ3n) is 3.19. The number of benzene rings is 1. The summed E-state index contributed by atoms with van der Waals surface area (Å²) in [5, 5.41) is 14.7.